The fourth-order valence-electron chi connectivity index (χ4n) is 3.42. The van der Waals surface area contributed by atoms with Crippen molar-refractivity contribution in [1.82, 2.24) is 10.2 Å². The lowest BCUT2D eigenvalue weighted by Gasteiger charge is -2.35. The molecule has 1 saturated carbocycles. The van der Waals surface area contributed by atoms with Gasteiger partial charge in [0.15, 0.2) is 0 Å². The summed E-state index contributed by atoms with van der Waals surface area (Å²) in [7, 11) is 0. The van der Waals surface area contributed by atoms with Gasteiger partial charge in [-0.1, -0.05) is 26.7 Å². The van der Waals surface area contributed by atoms with E-state index in [-0.39, 0.29) is 17.9 Å². The lowest BCUT2D eigenvalue weighted by Crippen LogP contribution is -2.47. The van der Waals surface area contributed by atoms with Crippen LogP contribution in [-0.2, 0) is 9.59 Å². The van der Waals surface area contributed by atoms with E-state index in [0.29, 0.717) is 37.9 Å². The number of carboxylic acids is 1. The molecule has 0 unspecified atom stereocenters. The highest BCUT2D eigenvalue weighted by atomic mass is 16.4. The van der Waals surface area contributed by atoms with E-state index in [1.807, 2.05) is 4.90 Å². The van der Waals surface area contributed by atoms with Crippen molar-refractivity contribution in [3.8, 4) is 0 Å². The Bertz CT molecular complexity index is 372. The van der Waals surface area contributed by atoms with Gasteiger partial charge in [0.05, 0.1) is 12.5 Å². The molecule has 5 nitrogen and oxygen atoms in total. The van der Waals surface area contributed by atoms with Crippen molar-refractivity contribution in [2.45, 2.75) is 45.6 Å². The molecule has 2 fully saturated rings. The smallest absolute Gasteiger partial charge is 0.307 e. The normalized spacial score (nSPS) is 34.9. The van der Waals surface area contributed by atoms with E-state index >= 15 is 0 Å². The highest BCUT2D eigenvalue weighted by Gasteiger charge is 2.31. The quantitative estimate of drug-likeness (QED) is 0.816. The molecular formula is C15H26N2O3. The average molecular weight is 282 g/mol. The minimum atomic E-state index is -0.748. The second-order valence-electron chi connectivity index (χ2n) is 6.50. The van der Waals surface area contributed by atoms with Gasteiger partial charge in [0.25, 0.3) is 0 Å². The average Bonchev–Trinajstić information content (AvgIpc) is 2.83. The van der Waals surface area contributed by atoms with Gasteiger partial charge in [-0.05, 0) is 31.2 Å². The fourth-order valence-corrected chi connectivity index (χ4v) is 3.42. The second-order valence-corrected chi connectivity index (χ2v) is 6.50. The maximum absolute atomic E-state index is 12.1. The number of amides is 1. The number of carbonyl (C=O) groups is 2. The molecule has 1 heterocycles. The maximum Gasteiger partial charge on any atom is 0.307 e. The number of nitrogens with one attached hydrogen (secondary N) is 1. The summed E-state index contributed by atoms with van der Waals surface area (Å²) in [5, 5.41) is 12.1. The Labute approximate surface area is 120 Å². The van der Waals surface area contributed by atoms with Gasteiger partial charge >= 0.3 is 5.97 Å². The first-order chi connectivity index (χ1) is 9.47. The van der Waals surface area contributed by atoms with Crippen molar-refractivity contribution in [2.75, 3.05) is 19.6 Å². The molecule has 0 aromatic carbocycles. The monoisotopic (exact) mass is 282 g/mol. The Morgan fingerprint density at radius 3 is 2.65 bits per heavy atom. The largest absolute Gasteiger partial charge is 0.481 e. The zero-order valence-electron chi connectivity index (χ0n) is 12.5. The zero-order valence-corrected chi connectivity index (χ0v) is 12.5. The van der Waals surface area contributed by atoms with Gasteiger partial charge in [-0.25, -0.2) is 0 Å². The molecule has 0 aromatic heterocycles. The van der Waals surface area contributed by atoms with Crippen LogP contribution >= 0.6 is 0 Å². The van der Waals surface area contributed by atoms with Gasteiger partial charge in [-0.3, -0.25) is 14.5 Å². The predicted octanol–water partition coefficient (Wildman–Crippen LogP) is 1.33. The Morgan fingerprint density at radius 2 is 2.00 bits per heavy atom. The summed E-state index contributed by atoms with van der Waals surface area (Å²) in [6.07, 6.45) is 4.15. The number of nitrogens with zero attached hydrogens (tertiary/aromatic N) is 1. The molecule has 1 aliphatic heterocycles. The zero-order chi connectivity index (χ0) is 14.7. The molecule has 0 spiro atoms. The lowest BCUT2D eigenvalue weighted by atomic mass is 9.78. The van der Waals surface area contributed by atoms with Gasteiger partial charge in [-0.2, -0.15) is 0 Å². The topological polar surface area (TPSA) is 69.6 Å². The lowest BCUT2D eigenvalue weighted by molar-refractivity contribution is -0.141. The van der Waals surface area contributed by atoms with Crippen LogP contribution in [0.15, 0.2) is 0 Å². The number of carbonyl (C=O) groups excluding carboxylic acids is 1. The first-order valence-corrected chi connectivity index (χ1v) is 7.72. The third-order valence-electron chi connectivity index (χ3n) is 5.04. The molecule has 0 radical (unpaired) electrons. The summed E-state index contributed by atoms with van der Waals surface area (Å²) in [4.78, 5) is 24.9. The molecule has 5 heteroatoms. The molecule has 0 bridgehead atoms. The predicted molar refractivity (Wildman–Crippen MR) is 76.3 cm³/mol. The summed E-state index contributed by atoms with van der Waals surface area (Å²) >= 11 is 0. The van der Waals surface area contributed by atoms with E-state index in [9.17, 15) is 9.59 Å². The van der Waals surface area contributed by atoms with Crippen molar-refractivity contribution in [2.24, 2.45) is 17.8 Å². The Morgan fingerprint density at radius 1 is 1.25 bits per heavy atom. The van der Waals surface area contributed by atoms with Crippen LogP contribution in [0.1, 0.15) is 39.5 Å². The number of hydrogen-bond donors (Lipinski definition) is 2. The van der Waals surface area contributed by atoms with Gasteiger partial charge < -0.3 is 10.4 Å². The molecule has 0 aromatic rings. The third-order valence-corrected chi connectivity index (χ3v) is 5.04. The van der Waals surface area contributed by atoms with Crippen LogP contribution in [0.25, 0.3) is 0 Å². The molecule has 2 N–H and O–H groups in total. The van der Waals surface area contributed by atoms with Gasteiger partial charge in [0.1, 0.15) is 0 Å². The van der Waals surface area contributed by atoms with Gasteiger partial charge in [-0.15, -0.1) is 0 Å². The van der Waals surface area contributed by atoms with Gasteiger partial charge in [0, 0.05) is 12.6 Å². The summed E-state index contributed by atoms with van der Waals surface area (Å²) in [5.41, 5.74) is 0. The number of aliphatic carboxylic acids is 1. The molecule has 114 valence electrons. The van der Waals surface area contributed by atoms with E-state index in [1.165, 1.54) is 12.8 Å². The van der Waals surface area contributed by atoms with E-state index in [1.54, 1.807) is 0 Å². The van der Waals surface area contributed by atoms with Crippen LogP contribution in [0.5, 0.6) is 0 Å². The van der Waals surface area contributed by atoms with Crippen LogP contribution in [0.2, 0.25) is 0 Å². The summed E-state index contributed by atoms with van der Waals surface area (Å²) in [5.74, 6) is 0.177. The molecular weight excluding hydrogens is 256 g/mol. The highest BCUT2D eigenvalue weighted by Crippen LogP contribution is 2.29. The minimum Gasteiger partial charge on any atom is -0.481 e. The highest BCUT2D eigenvalue weighted by molar-refractivity contribution is 5.78. The third kappa shape index (κ3) is 3.72. The van der Waals surface area contributed by atoms with Crippen molar-refractivity contribution in [3.63, 3.8) is 0 Å². The molecule has 4 atom stereocenters. The first-order valence-electron chi connectivity index (χ1n) is 7.72. The molecule has 2 rings (SSSR count). The Hall–Kier alpha value is -1.10. The van der Waals surface area contributed by atoms with Crippen LogP contribution in [-0.4, -0.2) is 47.6 Å². The van der Waals surface area contributed by atoms with Crippen LogP contribution in [0.4, 0.5) is 0 Å². The van der Waals surface area contributed by atoms with E-state index in [2.05, 4.69) is 19.2 Å². The van der Waals surface area contributed by atoms with E-state index in [4.69, 9.17) is 5.11 Å². The van der Waals surface area contributed by atoms with Crippen molar-refractivity contribution >= 4 is 11.9 Å². The SMILES string of the molecule is C[C@@H]1[C@H](C)CCC[C@@H]1NC(=O)CN1CC[C@H](C(=O)O)C1. The number of rotatable bonds is 4. The maximum atomic E-state index is 12.1. The standard InChI is InChI=1S/C15H26N2O3/c1-10-4-3-5-13(11(10)2)16-14(18)9-17-7-6-12(8-17)15(19)20/h10-13H,3-9H2,1-2H3,(H,16,18)(H,19,20)/t10-,11-,12+,13+/m1/s1. The molecule has 1 saturated heterocycles. The van der Waals surface area contributed by atoms with Gasteiger partial charge in [0.2, 0.25) is 5.91 Å². The van der Waals surface area contributed by atoms with Crippen LogP contribution in [0.3, 0.4) is 0 Å². The Balaban J connectivity index is 1.77. The second kappa shape index (κ2) is 6.57. The number of hydrogen-bond acceptors (Lipinski definition) is 3. The van der Waals surface area contributed by atoms with Crippen molar-refractivity contribution in [1.29, 1.82) is 0 Å². The number of carboxylic acid groups (broad SMARTS) is 1. The summed E-state index contributed by atoms with van der Waals surface area (Å²) < 4.78 is 0. The van der Waals surface area contributed by atoms with Crippen molar-refractivity contribution in [3.05, 3.63) is 0 Å². The fraction of sp³-hybridized carbons (Fsp3) is 0.867. The van der Waals surface area contributed by atoms with E-state index < -0.39 is 5.97 Å². The van der Waals surface area contributed by atoms with Crippen LogP contribution in [0, 0.1) is 17.8 Å². The van der Waals surface area contributed by atoms with E-state index in [0.717, 1.165) is 6.42 Å². The minimum absolute atomic E-state index is 0.0435. The van der Waals surface area contributed by atoms with Crippen LogP contribution < -0.4 is 5.32 Å². The molecule has 2 aliphatic rings. The molecule has 1 amide bonds. The Kier molecular flexibility index (Phi) is 5.02. The van der Waals surface area contributed by atoms with Crippen molar-refractivity contribution < 1.29 is 14.7 Å². The molecule has 20 heavy (non-hydrogen) atoms. The summed E-state index contributed by atoms with van der Waals surface area (Å²) in [6.45, 7) is 6.01. The number of likely N-dealkylation sites (tertiary alicyclic amines) is 1. The first kappa shape index (κ1) is 15.3. The molecule has 1 aliphatic carbocycles. The summed E-state index contributed by atoms with van der Waals surface area (Å²) in [6, 6.07) is 0.282.